The third kappa shape index (κ3) is 4.98. The molecule has 2 aromatic carbocycles. The van der Waals surface area contributed by atoms with Crippen LogP contribution >= 0.6 is 0 Å². The van der Waals surface area contributed by atoms with Crippen molar-refractivity contribution in [2.75, 3.05) is 13.1 Å². The molecule has 9 heteroatoms. The molecule has 2 aromatic rings. The second kappa shape index (κ2) is 8.69. The van der Waals surface area contributed by atoms with Crippen molar-refractivity contribution in [2.45, 2.75) is 29.8 Å². The van der Waals surface area contributed by atoms with E-state index in [4.69, 9.17) is 11.0 Å². The van der Waals surface area contributed by atoms with Crippen LogP contribution in [0.5, 0.6) is 0 Å². The summed E-state index contributed by atoms with van der Waals surface area (Å²) in [5.41, 5.74) is 6.74. The first-order chi connectivity index (χ1) is 13.8. The lowest BCUT2D eigenvalue weighted by Crippen LogP contribution is -2.50. The molecular formula is C20H21FN4O3S. The van der Waals surface area contributed by atoms with E-state index in [1.54, 1.807) is 24.3 Å². The molecule has 152 valence electrons. The number of nitrogens with two attached hydrogens (primary N) is 1. The average molecular weight is 416 g/mol. The number of nitrogens with one attached hydrogen (secondary N) is 1. The lowest BCUT2D eigenvalue weighted by molar-refractivity contribution is -0.124. The number of nitrogens with zero attached hydrogens (tertiary/aromatic N) is 2. The van der Waals surface area contributed by atoms with E-state index >= 15 is 0 Å². The smallest absolute Gasteiger partial charge is 0.240 e. The van der Waals surface area contributed by atoms with Gasteiger partial charge in [-0.3, -0.25) is 9.69 Å². The molecule has 0 saturated carbocycles. The summed E-state index contributed by atoms with van der Waals surface area (Å²) < 4.78 is 41.2. The zero-order chi connectivity index (χ0) is 21.0. The van der Waals surface area contributed by atoms with Crippen molar-refractivity contribution < 1.29 is 17.6 Å². The summed E-state index contributed by atoms with van der Waals surface area (Å²) in [4.78, 5) is 13.8. The number of piperidine rings is 1. The molecule has 0 aliphatic carbocycles. The van der Waals surface area contributed by atoms with Crippen LogP contribution in [-0.2, 0) is 14.8 Å². The maximum atomic E-state index is 13.4. The normalized spacial score (nSPS) is 18.7. The molecule has 29 heavy (non-hydrogen) atoms. The minimum Gasteiger partial charge on any atom is -0.368 e. The Bertz CT molecular complexity index is 1030. The molecule has 1 fully saturated rings. The summed E-state index contributed by atoms with van der Waals surface area (Å²) >= 11 is 0. The van der Waals surface area contributed by atoms with Crippen LogP contribution in [0.2, 0.25) is 0 Å². The molecule has 0 bridgehead atoms. The highest BCUT2D eigenvalue weighted by atomic mass is 32.2. The maximum Gasteiger partial charge on any atom is 0.240 e. The Morgan fingerprint density at radius 3 is 2.62 bits per heavy atom. The van der Waals surface area contributed by atoms with Crippen molar-refractivity contribution in [1.29, 1.82) is 5.26 Å². The van der Waals surface area contributed by atoms with Gasteiger partial charge in [-0.2, -0.15) is 5.26 Å². The quantitative estimate of drug-likeness (QED) is 0.743. The summed E-state index contributed by atoms with van der Waals surface area (Å²) in [7, 11) is -3.89. The molecular weight excluding hydrogens is 395 g/mol. The van der Waals surface area contributed by atoms with Gasteiger partial charge >= 0.3 is 0 Å². The van der Waals surface area contributed by atoms with Crippen molar-refractivity contribution in [3.8, 4) is 6.07 Å². The summed E-state index contributed by atoms with van der Waals surface area (Å²) in [5, 5.41) is 8.94. The largest absolute Gasteiger partial charge is 0.368 e. The molecule has 0 radical (unpaired) electrons. The van der Waals surface area contributed by atoms with E-state index in [2.05, 4.69) is 4.72 Å². The number of primary amides is 1. The zero-order valence-corrected chi connectivity index (χ0v) is 16.4. The van der Waals surface area contributed by atoms with Crippen LogP contribution in [-0.4, -0.2) is 38.4 Å². The van der Waals surface area contributed by atoms with E-state index in [0.717, 1.165) is 6.07 Å². The molecule has 2 unspecified atom stereocenters. The number of sulfonamides is 1. The molecule has 0 aromatic heterocycles. The number of halogens is 1. The van der Waals surface area contributed by atoms with Gasteiger partial charge in [0.25, 0.3) is 0 Å². The number of hydrogen-bond donors (Lipinski definition) is 2. The lowest BCUT2D eigenvalue weighted by atomic mass is 9.98. The van der Waals surface area contributed by atoms with Crippen LogP contribution in [0.3, 0.4) is 0 Å². The maximum absolute atomic E-state index is 13.4. The lowest BCUT2D eigenvalue weighted by Gasteiger charge is -2.37. The Labute approximate surface area is 169 Å². The minimum atomic E-state index is -3.89. The van der Waals surface area contributed by atoms with Crippen LogP contribution in [0.4, 0.5) is 4.39 Å². The van der Waals surface area contributed by atoms with Gasteiger partial charge in [0.2, 0.25) is 15.9 Å². The van der Waals surface area contributed by atoms with Crippen molar-refractivity contribution >= 4 is 15.9 Å². The number of hydrogen-bond acceptors (Lipinski definition) is 5. The minimum absolute atomic E-state index is 0.145. The summed E-state index contributed by atoms with van der Waals surface area (Å²) in [6.07, 6.45) is 1.25. The fourth-order valence-corrected chi connectivity index (χ4v) is 4.85. The number of carbonyl (C=O) groups excluding carboxylic acids is 1. The van der Waals surface area contributed by atoms with Crippen LogP contribution < -0.4 is 10.5 Å². The van der Waals surface area contributed by atoms with Gasteiger partial charge in [-0.25, -0.2) is 17.5 Å². The molecule has 7 nitrogen and oxygen atoms in total. The average Bonchev–Trinajstić information content (AvgIpc) is 2.68. The molecule has 0 spiro atoms. The topological polar surface area (TPSA) is 116 Å². The predicted molar refractivity (Wildman–Crippen MR) is 104 cm³/mol. The molecule has 2 atom stereocenters. The number of likely N-dealkylation sites (tertiary alicyclic amines) is 1. The van der Waals surface area contributed by atoms with Gasteiger partial charge < -0.3 is 5.73 Å². The highest BCUT2D eigenvalue weighted by Crippen LogP contribution is 2.26. The predicted octanol–water partition coefficient (Wildman–Crippen LogP) is 1.67. The van der Waals surface area contributed by atoms with Gasteiger partial charge in [0, 0.05) is 12.6 Å². The molecule has 1 saturated heterocycles. The Balaban J connectivity index is 1.77. The number of rotatable bonds is 6. The monoisotopic (exact) mass is 416 g/mol. The summed E-state index contributed by atoms with van der Waals surface area (Å²) in [6.45, 7) is 0.855. The standard InChI is InChI=1S/C20H21FN4O3S/c21-16-3-1-5-18(11-16)29(27,28)24-17-4-2-10-25(13-17)19(20(23)26)15-8-6-14(12-22)7-9-15/h1,3,5-9,11,17,19,24H,2,4,10,13H2,(H2,23,26). The molecule has 3 rings (SSSR count). The van der Waals surface area contributed by atoms with Gasteiger partial charge in [-0.15, -0.1) is 0 Å². The van der Waals surface area contributed by atoms with Gasteiger partial charge in [-0.1, -0.05) is 18.2 Å². The number of nitriles is 1. The van der Waals surface area contributed by atoms with Gasteiger partial charge in [-0.05, 0) is 55.3 Å². The Morgan fingerprint density at radius 2 is 2.00 bits per heavy atom. The Morgan fingerprint density at radius 1 is 1.28 bits per heavy atom. The van der Waals surface area contributed by atoms with Crippen molar-refractivity contribution in [2.24, 2.45) is 5.73 Å². The SMILES string of the molecule is N#Cc1ccc(C(C(N)=O)N2CCCC(NS(=O)(=O)c3cccc(F)c3)C2)cc1. The third-order valence-corrected chi connectivity index (χ3v) is 6.39. The van der Waals surface area contributed by atoms with Crippen molar-refractivity contribution in [1.82, 2.24) is 9.62 Å². The van der Waals surface area contributed by atoms with Gasteiger partial charge in [0.15, 0.2) is 0 Å². The van der Waals surface area contributed by atoms with Crippen LogP contribution in [0.1, 0.15) is 30.0 Å². The Kier molecular flexibility index (Phi) is 6.27. The van der Waals surface area contributed by atoms with Crippen molar-refractivity contribution in [3.05, 3.63) is 65.5 Å². The van der Waals surface area contributed by atoms with Gasteiger partial charge in [0.05, 0.1) is 16.5 Å². The van der Waals surface area contributed by atoms with Crippen LogP contribution in [0, 0.1) is 17.1 Å². The van der Waals surface area contributed by atoms with Crippen molar-refractivity contribution in [3.63, 3.8) is 0 Å². The summed E-state index contributed by atoms with van der Waals surface area (Å²) in [6, 6.07) is 12.2. The first-order valence-electron chi connectivity index (χ1n) is 9.11. The first-order valence-corrected chi connectivity index (χ1v) is 10.6. The van der Waals surface area contributed by atoms with E-state index in [-0.39, 0.29) is 11.4 Å². The zero-order valence-electron chi connectivity index (χ0n) is 15.6. The van der Waals surface area contributed by atoms with Gasteiger partial charge in [0.1, 0.15) is 11.9 Å². The third-order valence-electron chi connectivity index (χ3n) is 4.87. The second-order valence-corrected chi connectivity index (χ2v) is 8.67. The van der Waals surface area contributed by atoms with E-state index in [1.807, 2.05) is 11.0 Å². The number of carbonyl (C=O) groups is 1. The fraction of sp³-hybridized carbons (Fsp3) is 0.300. The van der Waals surface area contributed by atoms with Crippen LogP contribution in [0.15, 0.2) is 53.4 Å². The van der Waals surface area contributed by atoms with E-state index in [9.17, 15) is 17.6 Å². The highest BCUT2D eigenvalue weighted by Gasteiger charge is 2.32. The first kappa shape index (κ1) is 20.9. The van der Waals surface area contributed by atoms with E-state index < -0.39 is 33.8 Å². The Hall–Kier alpha value is -2.80. The summed E-state index contributed by atoms with van der Waals surface area (Å²) in [5.74, 6) is -1.18. The molecule has 1 amide bonds. The molecule has 1 aliphatic rings. The second-order valence-electron chi connectivity index (χ2n) is 6.95. The fourth-order valence-electron chi connectivity index (χ4n) is 3.55. The van der Waals surface area contributed by atoms with E-state index in [1.165, 1.54) is 18.2 Å². The number of amides is 1. The highest BCUT2D eigenvalue weighted by molar-refractivity contribution is 7.89. The number of benzene rings is 2. The molecule has 3 N–H and O–H groups in total. The van der Waals surface area contributed by atoms with Crippen LogP contribution in [0.25, 0.3) is 0 Å². The molecule has 1 heterocycles. The van der Waals surface area contributed by atoms with E-state index in [0.29, 0.717) is 30.5 Å². The molecule has 1 aliphatic heterocycles.